The molecule has 0 fully saturated rings. The minimum Gasteiger partial charge on any atom is -0.450 e. The molecule has 6 heteroatoms. The molecule has 3 heterocycles. The van der Waals surface area contributed by atoms with Crippen molar-refractivity contribution in [2.45, 2.75) is 6.04 Å². The fraction of sp³-hybridized carbons (Fsp3) is 0.250. The first-order valence-corrected chi connectivity index (χ1v) is 8.49. The highest BCUT2D eigenvalue weighted by atomic mass is 16.3. The zero-order chi connectivity index (χ0) is 18.3. The summed E-state index contributed by atoms with van der Waals surface area (Å²) < 4.78 is 5.86. The molecule has 1 aliphatic rings. The van der Waals surface area contributed by atoms with Gasteiger partial charge in [-0.3, -0.25) is 14.6 Å². The lowest BCUT2D eigenvalue weighted by Crippen LogP contribution is -2.35. The number of carbonyl (C=O) groups is 1. The van der Waals surface area contributed by atoms with Crippen LogP contribution in [0.25, 0.3) is 11.0 Å². The van der Waals surface area contributed by atoms with Crippen molar-refractivity contribution in [3.8, 4) is 0 Å². The standard InChI is InChI=1S/C20H19N3O3/c1-22(2)10-11-23-17(13-6-5-9-21-12-13)16-18(24)14-7-3-4-8-15(14)26-19(16)20(23)25/h3-9,12,17H,10-11H2,1-2H3/t17-/m0/s1. The SMILES string of the molecule is CN(C)CCN1C(=O)c2oc3ccccc3c(=O)c2[C@@H]1c1cccnc1. The highest BCUT2D eigenvalue weighted by Crippen LogP contribution is 2.37. The first-order valence-electron chi connectivity index (χ1n) is 8.49. The van der Waals surface area contributed by atoms with Crippen molar-refractivity contribution in [1.82, 2.24) is 14.8 Å². The smallest absolute Gasteiger partial charge is 0.290 e. The predicted molar refractivity (Wildman–Crippen MR) is 98.2 cm³/mol. The second-order valence-corrected chi connectivity index (χ2v) is 6.66. The van der Waals surface area contributed by atoms with Gasteiger partial charge in [-0.25, -0.2) is 0 Å². The number of benzene rings is 1. The Labute approximate surface area is 150 Å². The number of pyridine rings is 1. The van der Waals surface area contributed by atoms with Gasteiger partial charge in [0.2, 0.25) is 5.76 Å². The Bertz CT molecular complexity index is 1030. The highest BCUT2D eigenvalue weighted by molar-refractivity contribution is 5.99. The third-order valence-electron chi connectivity index (χ3n) is 4.66. The molecular formula is C20H19N3O3. The van der Waals surface area contributed by atoms with E-state index in [9.17, 15) is 9.59 Å². The number of hydrogen-bond donors (Lipinski definition) is 0. The van der Waals surface area contributed by atoms with Gasteiger partial charge >= 0.3 is 0 Å². The van der Waals surface area contributed by atoms with E-state index >= 15 is 0 Å². The second-order valence-electron chi connectivity index (χ2n) is 6.66. The van der Waals surface area contributed by atoms with Crippen LogP contribution in [-0.4, -0.2) is 47.9 Å². The number of nitrogens with zero attached hydrogens (tertiary/aromatic N) is 3. The van der Waals surface area contributed by atoms with E-state index in [1.54, 1.807) is 41.6 Å². The van der Waals surface area contributed by atoms with E-state index in [4.69, 9.17) is 4.42 Å². The number of amides is 1. The maximum absolute atomic E-state index is 13.2. The summed E-state index contributed by atoms with van der Waals surface area (Å²) in [5.74, 6) is -0.111. The monoisotopic (exact) mass is 349 g/mol. The summed E-state index contributed by atoms with van der Waals surface area (Å²) in [6, 6.07) is 10.2. The van der Waals surface area contributed by atoms with Crippen LogP contribution < -0.4 is 5.43 Å². The van der Waals surface area contributed by atoms with Crippen molar-refractivity contribution < 1.29 is 9.21 Å². The molecule has 4 rings (SSSR count). The molecule has 3 aromatic rings. The Morgan fingerprint density at radius 3 is 2.69 bits per heavy atom. The van der Waals surface area contributed by atoms with Gasteiger partial charge in [0.25, 0.3) is 5.91 Å². The summed E-state index contributed by atoms with van der Waals surface area (Å²) in [6.45, 7) is 1.18. The minimum absolute atomic E-state index is 0.140. The van der Waals surface area contributed by atoms with Gasteiger partial charge in [-0.2, -0.15) is 0 Å². The molecule has 0 saturated heterocycles. The summed E-state index contributed by atoms with van der Waals surface area (Å²) in [5.41, 5.74) is 1.49. The van der Waals surface area contributed by atoms with Crippen LogP contribution in [0.1, 0.15) is 27.7 Å². The topological polar surface area (TPSA) is 66.7 Å². The van der Waals surface area contributed by atoms with Gasteiger partial charge in [-0.15, -0.1) is 0 Å². The fourth-order valence-corrected chi connectivity index (χ4v) is 3.39. The van der Waals surface area contributed by atoms with Gasteiger partial charge in [-0.05, 0) is 37.9 Å². The van der Waals surface area contributed by atoms with Crippen molar-refractivity contribution in [2.24, 2.45) is 0 Å². The molecular weight excluding hydrogens is 330 g/mol. The molecule has 0 aliphatic carbocycles. The molecule has 26 heavy (non-hydrogen) atoms. The van der Waals surface area contributed by atoms with Crippen LogP contribution in [0.5, 0.6) is 0 Å². The number of para-hydroxylation sites is 1. The van der Waals surface area contributed by atoms with Crippen molar-refractivity contribution in [3.05, 3.63) is 75.9 Å². The van der Waals surface area contributed by atoms with Crippen LogP contribution in [0.15, 0.2) is 58.0 Å². The van der Waals surface area contributed by atoms with Gasteiger partial charge in [0.1, 0.15) is 5.58 Å². The van der Waals surface area contributed by atoms with Crippen molar-refractivity contribution in [1.29, 1.82) is 0 Å². The molecule has 1 aliphatic heterocycles. The molecule has 1 amide bonds. The maximum Gasteiger partial charge on any atom is 0.290 e. The van der Waals surface area contributed by atoms with Gasteiger partial charge in [-0.1, -0.05) is 18.2 Å². The zero-order valence-electron chi connectivity index (χ0n) is 14.7. The van der Waals surface area contributed by atoms with Crippen molar-refractivity contribution >= 4 is 16.9 Å². The first-order chi connectivity index (χ1) is 12.6. The van der Waals surface area contributed by atoms with E-state index in [1.807, 2.05) is 31.1 Å². The highest BCUT2D eigenvalue weighted by Gasteiger charge is 2.42. The third kappa shape index (κ3) is 2.59. The molecule has 0 saturated carbocycles. The second kappa shape index (κ2) is 6.38. The molecule has 0 spiro atoms. The van der Waals surface area contributed by atoms with Crippen LogP contribution in [0.3, 0.4) is 0 Å². The quantitative estimate of drug-likeness (QED) is 0.723. The Morgan fingerprint density at radius 2 is 1.96 bits per heavy atom. The van der Waals surface area contributed by atoms with Crippen molar-refractivity contribution in [2.75, 3.05) is 27.2 Å². The van der Waals surface area contributed by atoms with E-state index < -0.39 is 6.04 Å². The predicted octanol–water partition coefficient (Wildman–Crippen LogP) is 2.29. The third-order valence-corrected chi connectivity index (χ3v) is 4.66. The molecule has 0 bridgehead atoms. The van der Waals surface area contributed by atoms with Crippen LogP contribution in [0.4, 0.5) is 0 Å². The molecule has 0 unspecified atom stereocenters. The number of rotatable bonds is 4. The van der Waals surface area contributed by atoms with Crippen LogP contribution in [0.2, 0.25) is 0 Å². The lowest BCUT2D eigenvalue weighted by Gasteiger charge is -2.26. The molecule has 6 nitrogen and oxygen atoms in total. The summed E-state index contributed by atoms with van der Waals surface area (Å²) in [5, 5.41) is 0.488. The first kappa shape index (κ1) is 16.5. The van der Waals surface area contributed by atoms with E-state index in [-0.39, 0.29) is 17.1 Å². The van der Waals surface area contributed by atoms with Gasteiger partial charge in [0.05, 0.1) is 17.0 Å². The lowest BCUT2D eigenvalue weighted by molar-refractivity contribution is 0.0716. The Morgan fingerprint density at radius 1 is 1.15 bits per heavy atom. The van der Waals surface area contributed by atoms with Crippen molar-refractivity contribution in [3.63, 3.8) is 0 Å². The number of hydrogen-bond acceptors (Lipinski definition) is 5. The number of likely N-dealkylation sites (N-methyl/N-ethyl adjacent to an activating group) is 1. The Hall–Kier alpha value is -2.99. The van der Waals surface area contributed by atoms with Crippen LogP contribution in [-0.2, 0) is 0 Å². The van der Waals surface area contributed by atoms with Gasteiger partial charge in [0, 0.05) is 25.5 Å². The summed E-state index contributed by atoms with van der Waals surface area (Å²) in [7, 11) is 3.90. The fourth-order valence-electron chi connectivity index (χ4n) is 3.39. The Balaban J connectivity index is 1.93. The largest absolute Gasteiger partial charge is 0.450 e. The summed E-state index contributed by atoms with van der Waals surface area (Å²) in [6.07, 6.45) is 3.37. The minimum atomic E-state index is -0.480. The van der Waals surface area contributed by atoms with E-state index in [0.717, 1.165) is 5.56 Å². The summed E-state index contributed by atoms with van der Waals surface area (Å²) in [4.78, 5) is 34.1. The Kier molecular flexibility index (Phi) is 4.05. The number of carbonyl (C=O) groups excluding carboxylic acids is 1. The average molecular weight is 349 g/mol. The molecule has 0 radical (unpaired) electrons. The lowest BCUT2D eigenvalue weighted by atomic mass is 10.00. The summed E-state index contributed by atoms with van der Waals surface area (Å²) >= 11 is 0. The molecule has 1 aromatic carbocycles. The molecule has 132 valence electrons. The number of aromatic nitrogens is 1. The van der Waals surface area contributed by atoms with Gasteiger partial charge in [0.15, 0.2) is 5.43 Å². The van der Waals surface area contributed by atoms with E-state index in [0.29, 0.717) is 29.6 Å². The normalized spacial score (nSPS) is 16.5. The molecule has 1 atom stereocenters. The van der Waals surface area contributed by atoms with E-state index in [2.05, 4.69) is 4.98 Å². The van der Waals surface area contributed by atoms with Crippen LogP contribution >= 0.6 is 0 Å². The van der Waals surface area contributed by atoms with Crippen LogP contribution in [0, 0.1) is 0 Å². The maximum atomic E-state index is 13.2. The average Bonchev–Trinajstić information content (AvgIpc) is 2.93. The number of fused-ring (bicyclic) bond motifs is 2. The van der Waals surface area contributed by atoms with E-state index in [1.165, 1.54) is 0 Å². The molecule has 2 aromatic heterocycles. The molecule has 0 N–H and O–H groups in total. The zero-order valence-corrected chi connectivity index (χ0v) is 14.7. The van der Waals surface area contributed by atoms with Gasteiger partial charge < -0.3 is 14.2 Å².